The fourth-order valence-electron chi connectivity index (χ4n) is 2.34. The molecule has 0 radical (unpaired) electrons. The largest absolute Gasteiger partial charge is 0.395 e. The number of hydrogen-bond donors (Lipinski definition) is 2. The molecule has 18 heavy (non-hydrogen) atoms. The highest BCUT2D eigenvalue weighted by atomic mass is 32.1. The Morgan fingerprint density at radius 1 is 1.44 bits per heavy atom. The van der Waals surface area contributed by atoms with Crippen molar-refractivity contribution in [1.29, 1.82) is 0 Å². The predicted octanol–water partition coefficient (Wildman–Crippen LogP) is 1.41. The fraction of sp³-hybridized carbons (Fsp3) is 0.571. The average Bonchev–Trinajstić information content (AvgIpc) is 2.84. The van der Waals surface area contributed by atoms with Crippen LogP contribution < -0.4 is 5.73 Å². The van der Waals surface area contributed by atoms with Gasteiger partial charge >= 0.3 is 0 Å². The van der Waals surface area contributed by atoms with Gasteiger partial charge in [0.1, 0.15) is 0 Å². The number of aliphatic hydroxyl groups is 1. The van der Waals surface area contributed by atoms with E-state index in [0.717, 1.165) is 24.4 Å². The molecule has 2 rings (SSSR count). The normalized spacial score (nSPS) is 20.4. The summed E-state index contributed by atoms with van der Waals surface area (Å²) in [5, 5.41) is 9.39. The van der Waals surface area contributed by atoms with E-state index in [9.17, 15) is 5.11 Å². The molecule has 1 atom stereocenters. The number of likely N-dealkylation sites (tertiary alicyclic amines) is 1. The minimum absolute atomic E-state index is 0.269. The van der Waals surface area contributed by atoms with Crippen molar-refractivity contribution in [3.8, 4) is 11.8 Å². The Hall–Kier alpha value is -0.860. The first-order chi connectivity index (χ1) is 8.83. The molecule has 3 N–H and O–H groups in total. The van der Waals surface area contributed by atoms with Gasteiger partial charge in [-0.3, -0.25) is 4.90 Å². The van der Waals surface area contributed by atoms with E-state index >= 15 is 0 Å². The summed E-state index contributed by atoms with van der Waals surface area (Å²) in [5.74, 6) is 5.94. The number of nitrogens with zero attached hydrogens (tertiary/aromatic N) is 1. The molecule has 1 aromatic heterocycles. The summed E-state index contributed by atoms with van der Waals surface area (Å²) < 4.78 is 0. The Morgan fingerprint density at radius 2 is 2.33 bits per heavy atom. The van der Waals surface area contributed by atoms with Crippen molar-refractivity contribution < 1.29 is 5.11 Å². The highest BCUT2D eigenvalue weighted by molar-refractivity contribution is 7.12. The van der Waals surface area contributed by atoms with E-state index in [-0.39, 0.29) is 6.61 Å². The third-order valence-electron chi connectivity index (χ3n) is 3.29. The summed E-state index contributed by atoms with van der Waals surface area (Å²) >= 11 is 1.73. The van der Waals surface area contributed by atoms with Gasteiger partial charge in [0.25, 0.3) is 0 Å². The SMILES string of the molecule is NCC#Cc1ccc(CN2CCCCC2CO)s1. The number of nitrogens with two attached hydrogens (primary N) is 1. The summed E-state index contributed by atoms with van der Waals surface area (Å²) in [6.07, 6.45) is 3.59. The standard InChI is InChI=1S/C14H20N2OS/c15-8-3-5-13-6-7-14(18-13)10-16-9-2-1-4-12(16)11-17/h6-7,12,17H,1-2,4,8-11,15H2. The Bertz CT molecular complexity index is 432. The molecular weight excluding hydrogens is 244 g/mol. The van der Waals surface area contributed by atoms with Crippen LogP contribution in [0.1, 0.15) is 29.0 Å². The molecule has 0 aromatic carbocycles. The van der Waals surface area contributed by atoms with Crippen molar-refractivity contribution in [3.05, 3.63) is 21.9 Å². The van der Waals surface area contributed by atoms with Crippen LogP contribution in [-0.4, -0.2) is 35.7 Å². The molecule has 0 aliphatic carbocycles. The summed E-state index contributed by atoms with van der Waals surface area (Å²) in [5.41, 5.74) is 5.36. The van der Waals surface area contributed by atoms with E-state index in [4.69, 9.17) is 5.73 Å². The van der Waals surface area contributed by atoms with Crippen molar-refractivity contribution in [2.75, 3.05) is 19.7 Å². The van der Waals surface area contributed by atoms with Gasteiger partial charge in [0.2, 0.25) is 0 Å². The summed E-state index contributed by atoms with van der Waals surface area (Å²) in [4.78, 5) is 4.78. The van der Waals surface area contributed by atoms with Gasteiger partial charge in [-0.15, -0.1) is 11.3 Å². The predicted molar refractivity (Wildman–Crippen MR) is 75.4 cm³/mol. The molecule has 0 saturated carbocycles. The molecule has 1 unspecified atom stereocenters. The number of rotatable bonds is 3. The van der Waals surface area contributed by atoms with Gasteiger partial charge in [-0.05, 0) is 31.5 Å². The Balaban J connectivity index is 1.97. The van der Waals surface area contributed by atoms with Crippen LogP contribution in [0.4, 0.5) is 0 Å². The minimum atomic E-state index is 0.269. The van der Waals surface area contributed by atoms with Crippen LogP contribution in [-0.2, 0) is 6.54 Å². The number of piperidine rings is 1. The maximum Gasteiger partial charge on any atom is 0.0772 e. The second kappa shape index (κ2) is 6.91. The molecule has 0 spiro atoms. The van der Waals surface area contributed by atoms with Crippen LogP contribution in [0, 0.1) is 11.8 Å². The zero-order chi connectivity index (χ0) is 12.8. The molecule has 98 valence electrons. The first-order valence-corrected chi connectivity index (χ1v) is 7.27. The lowest BCUT2D eigenvalue weighted by Crippen LogP contribution is -2.40. The van der Waals surface area contributed by atoms with Gasteiger partial charge in [0, 0.05) is 17.5 Å². The van der Waals surface area contributed by atoms with Crippen LogP contribution in [0.2, 0.25) is 0 Å². The Morgan fingerprint density at radius 3 is 3.11 bits per heavy atom. The molecule has 4 heteroatoms. The molecule has 0 amide bonds. The lowest BCUT2D eigenvalue weighted by molar-refractivity contribution is 0.0850. The molecule has 0 bridgehead atoms. The molecule has 2 heterocycles. The minimum Gasteiger partial charge on any atom is -0.395 e. The fourth-order valence-corrected chi connectivity index (χ4v) is 3.25. The summed E-state index contributed by atoms with van der Waals surface area (Å²) in [6.45, 7) is 2.70. The first-order valence-electron chi connectivity index (χ1n) is 6.46. The molecule has 1 saturated heterocycles. The Kier molecular flexibility index (Phi) is 5.21. The number of aliphatic hydroxyl groups excluding tert-OH is 1. The Labute approximate surface area is 113 Å². The topological polar surface area (TPSA) is 49.5 Å². The van der Waals surface area contributed by atoms with Crippen LogP contribution in [0.3, 0.4) is 0 Å². The van der Waals surface area contributed by atoms with E-state index in [1.54, 1.807) is 11.3 Å². The van der Waals surface area contributed by atoms with Crippen molar-refractivity contribution in [1.82, 2.24) is 4.90 Å². The second-order valence-corrected chi connectivity index (χ2v) is 5.74. The molecule has 1 aromatic rings. The van der Waals surface area contributed by atoms with E-state index in [1.165, 1.54) is 17.7 Å². The van der Waals surface area contributed by atoms with Crippen molar-refractivity contribution >= 4 is 11.3 Å². The monoisotopic (exact) mass is 264 g/mol. The zero-order valence-corrected chi connectivity index (χ0v) is 11.4. The van der Waals surface area contributed by atoms with Crippen LogP contribution >= 0.6 is 11.3 Å². The zero-order valence-electron chi connectivity index (χ0n) is 10.6. The van der Waals surface area contributed by atoms with Gasteiger partial charge in [-0.25, -0.2) is 0 Å². The molecule has 1 aliphatic heterocycles. The van der Waals surface area contributed by atoms with Gasteiger partial charge < -0.3 is 10.8 Å². The van der Waals surface area contributed by atoms with Gasteiger partial charge in [-0.1, -0.05) is 18.3 Å². The average molecular weight is 264 g/mol. The van der Waals surface area contributed by atoms with Crippen LogP contribution in [0.15, 0.2) is 12.1 Å². The highest BCUT2D eigenvalue weighted by Crippen LogP contribution is 2.23. The quantitative estimate of drug-likeness (QED) is 0.812. The third kappa shape index (κ3) is 3.56. The molecule has 1 fully saturated rings. The van der Waals surface area contributed by atoms with E-state index < -0.39 is 0 Å². The van der Waals surface area contributed by atoms with Gasteiger partial charge in [0.15, 0.2) is 0 Å². The van der Waals surface area contributed by atoms with Gasteiger partial charge in [0.05, 0.1) is 18.0 Å². The van der Waals surface area contributed by atoms with Crippen LogP contribution in [0.25, 0.3) is 0 Å². The van der Waals surface area contributed by atoms with Crippen molar-refractivity contribution in [2.24, 2.45) is 5.73 Å². The molecular formula is C14H20N2OS. The van der Waals surface area contributed by atoms with Crippen molar-refractivity contribution in [3.63, 3.8) is 0 Å². The van der Waals surface area contributed by atoms with E-state index in [1.807, 2.05) is 0 Å². The van der Waals surface area contributed by atoms with Crippen molar-refractivity contribution in [2.45, 2.75) is 31.8 Å². The lowest BCUT2D eigenvalue weighted by atomic mass is 10.0. The first kappa shape index (κ1) is 13.6. The summed E-state index contributed by atoms with van der Waals surface area (Å²) in [6, 6.07) is 4.52. The maximum atomic E-state index is 9.39. The molecule has 3 nitrogen and oxygen atoms in total. The molecule has 1 aliphatic rings. The summed E-state index contributed by atoms with van der Waals surface area (Å²) in [7, 11) is 0. The van der Waals surface area contributed by atoms with Gasteiger partial charge in [-0.2, -0.15) is 0 Å². The third-order valence-corrected chi connectivity index (χ3v) is 4.28. The van der Waals surface area contributed by atoms with E-state index in [2.05, 4.69) is 28.9 Å². The van der Waals surface area contributed by atoms with E-state index in [0.29, 0.717) is 12.6 Å². The smallest absolute Gasteiger partial charge is 0.0772 e. The lowest BCUT2D eigenvalue weighted by Gasteiger charge is -2.34. The van der Waals surface area contributed by atoms with Crippen LogP contribution in [0.5, 0.6) is 0 Å². The maximum absolute atomic E-state index is 9.39. The number of thiophene rings is 1. The second-order valence-electron chi connectivity index (χ2n) is 4.57. The number of hydrogen-bond acceptors (Lipinski definition) is 4. The highest BCUT2D eigenvalue weighted by Gasteiger charge is 2.21.